The fourth-order valence-corrected chi connectivity index (χ4v) is 4.32. The number of halogens is 1. The van der Waals surface area contributed by atoms with Gasteiger partial charge in [-0.3, -0.25) is 0 Å². The molecule has 1 heterocycles. The van der Waals surface area contributed by atoms with Crippen LogP contribution in [-0.2, 0) is 0 Å². The summed E-state index contributed by atoms with van der Waals surface area (Å²) < 4.78 is 0.888. The van der Waals surface area contributed by atoms with Gasteiger partial charge in [-0.05, 0) is 49.5 Å². The van der Waals surface area contributed by atoms with Gasteiger partial charge in [-0.2, -0.15) is 11.8 Å². The molecule has 1 aliphatic rings. The Morgan fingerprint density at radius 3 is 3.00 bits per heavy atom. The molecular weight excluding hydrogens is 270 g/mol. The van der Waals surface area contributed by atoms with E-state index in [0.29, 0.717) is 12.1 Å². The summed E-state index contributed by atoms with van der Waals surface area (Å²) in [4.78, 5) is 0. The molecule has 1 aromatic heterocycles. The normalized spacial score (nSPS) is 27.0. The molecule has 0 amide bonds. The van der Waals surface area contributed by atoms with Crippen LogP contribution >= 0.6 is 34.7 Å². The standard InChI is InChI=1S/C13H20ClNS2/c1-9(10-6-13(14)17-8-10)15-11-4-3-5-12(7-11)16-2/h6,8-9,11-12,15H,3-5,7H2,1-2H3. The molecule has 2 rings (SSSR count). The molecule has 0 aromatic carbocycles. The van der Waals surface area contributed by atoms with Crippen molar-refractivity contribution in [3.63, 3.8) is 0 Å². The molecule has 0 bridgehead atoms. The Labute approximate surface area is 117 Å². The van der Waals surface area contributed by atoms with Gasteiger partial charge in [0, 0.05) is 17.3 Å². The van der Waals surface area contributed by atoms with Crippen molar-refractivity contribution in [2.45, 2.75) is 49.9 Å². The lowest BCUT2D eigenvalue weighted by molar-refractivity contribution is 0.353. The molecule has 17 heavy (non-hydrogen) atoms. The van der Waals surface area contributed by atoms with Crippen LogP contribution in [0.5, 0.6) is 0 Å². The van der Waals surface area contributed by atoms with Crippen LogP contribution in [0.25, 0.3) is 0 Å². The second kappa shape index (κ2) is 6.46. The Morgan fingerprint density at radius 2 is 2.35 bits per heavy atom. The van der Waals surface area contributed by atoms with Crippen molar-refractivity contribution < 1.29 is 0 Å². The van der Waals surface area contributed by atoms with Gasteiger partial charge in [-0.25, -0.2) is 0 Å². The average molecular weight is 290 g/mol. The first-order valence-electron chi connectivity index (χ1n) is 6.22. The maximum absolute atomic E-state index is 5.98. The minimum absolute atomic E-state index is 0.421. The van der Waals surface area contributed by atoms with E-state index in [1.165, 1.54) is 31.2 Å². The number of thioether (sulfide) groups is 1. The monoisotopic (exact) mass is 289 g/mol. The molecule has 0 radical (unpaired) electrons. The lowest BCUT2D eigenvalue weighted by atomic mass is 9.94. The van der Waals surface area contributed by atoms with Crippen molar-refractivity contribution in [2.75, 3.05) is 6.26 Å². The summed E-state index contributed by atoms with van der Waals surface area (Å²) in [5.41, 5.74) is 1.33. The number of nitrogens with one attached hydrogen (secondary N) is 1. The van der Waals surface area contributed by atoms with Gasteiger partial charge in [0.15, 0.2) is 0 Å². The van der Waals surface area contributed by atoms with Crippen molar-refractivity contribution in [3.05, 3.63) is 21.3 Å². The van der Waals surface area contributed by atoms with E-state index >= 15 is 0 Å². The van der Waals surface area contributed by atoms with Crippen LogP contribution in [0.15, 0.2) is 11.4 Å². The van der Waals surface area contributed by atoms with Crippen LogP contribution in [0.1, 0.15) is 44.2 Å². The van der Waals surface area contributed by atoms with Crippen LogP contribution in [-0.4, -0.2) is 17.5 Å². The molecule has 1 fully saturated rings. The van der Waals surface area contributed by atoms with Crippen LogP contribution in [0, 0.1) is 0 Å². The molecule has 1 N–H and O–H groups in total. The molecular formula is C13H20ClNS2. The zero-order valence-corrected chi connectivity index (χ0v) is 12.8. The van der Waals surface area contributed by atoms with Gasteiger partial charge in [-0.1, -0.05) is 18.0 Å². The maximum Gasteiger partial charge on any atom is 0.0931 e. The van der Waals surface area contributed by atoms with Crippen LogP contribution in [0.3, 0.4) is 0 Å². The smallest absolute Gasteiger partial charge is 0.0931 e. The SMILES string of the molecule is CSC1CCCC(NC(C)c2csc(Cl)c2)C1. The Bertz CT molecular complexity index is 353. The van der Waals surface area contributed by atoms with E-state index in [9.17, 15) is 0 Å². The lowest BCUT2D eigenvalue weighted by Crippen LogP contribution is -2.36. The molecule has 1 nitrogen and oxygen atoms in total. The Balaban J connectivity index is 1.87. The first-order valence-corrected chi connectivity index (χ1v) is 8.76. The molecule has 1 saturated carbocycles. The van der Waals surface area contributed by atoms with Gasteiger partial charge in [0.1, 0.15) is 0 Å². The van der Waals surface area contributed by atoms with E-state index in [4.69, 9.17) is 11.6 Å². The minimum atomic E-state index is 0.421. The molecule has 1 aromatic rings. The number of hydrogen-bond donors (Lipinski definition) is 1. The molecule has 3 atom stereocenters. The van der Waals surface area contributed by atoms with Crippen molar-refractivity contribution in [1.82, 2.24) is 5.32 Å². The van der Waals surface area contributed by atoms with E-state index < -0.39 is 0 Å². The van der Waals surface area contributed by atoms with Crippen molar-refractivity contribution >= 4 is 34.7 Å². The lowest BCUT2D eigenvalue weighted by Gasteiger charge is -2.31. The number of hydrogen-bond acceptors (Lipinski definition) is 3. The second-order valence-electron chi connectivity index (χ2n) is 4.79. The summed E-state index contributed by atoms with van der Waals surface area (Å²) in [5, 5.41) is 6.76. The highest BCUT2D eigenvalue weighted by molar-refractivity contribution is 7.99. The quantitative estimate of drug-likeness (QED) is 0.860. The Morgan fingerprint density at radius 1 is 1.53 bits per heavy atom. The molecule has 0 spiro atoms. The van der Waals surface area contributed by atoms with E-state index in [1.807, 2.05) is 11.8 Å². The second-order valence-corrected chi connectivity index (χ2v) is 7.47. The highest BCUT2D eigenvalue weighted by atomic mass is 35.5. The van der Waals surface area contributed by atoms with Gasteiger partial charge in [0.2, 0.25) is 0 Å². The van der Waals surface area contributed by atoms with Crippen molar-refractivity contribution in [3.8, 4) is 0 Å². The summed E-state index contributed by atoms with van der Waals surface area (Å²) >= 11 is 9.62. The zero-order valence-electron chi connectivity index (χ0n) is 10.4. The zero-order chi connectivity index (χ0) is 12.3. The highest BCUT2D eigenvalue weighted by Crippen LogP contribution is 2.30. The molecule has 0 saturated heterocycles. The first-order chi connectivity index (χ1) is 8.19. The first kappa shape index (κ1) is 13.7. The summed E-state index contributed by atoms with van der Waals surface area (Å²) in [5.74, 6) is 0. The number of thiophene rings is 1. The third-order valence-corrected chi connectivity index (χ3v) is 5.74. The molecule has 96 valence electrons. The van der Waals surface area contributed by atoms with Gasteiger partial charge in [-0.15, -0.1) is 11.3 Å². The molecule has 3 unspecified atom stereocenters. The van der Waals surface area contributed by atoms with Gasteiger partial charge in [0.05, 0.1) is 4.34 Å². The van der Waals surface area contributed by atoms with Crippen molar-refractivity contribution in [1.29, 1.82) is 0 Å². The van der Waals surface area contributed by atoms with Crippen LogP contribution < -0.4 is 5.32 Å². The maximum atomic E-state index is 5.98. The Kier molecular flexibility index (Phi) is 5.22. The topological polar surface area (TPSA) is 12.0 Å². The third-order valence-electron chi connectivity index (χ3n) is 3.53. The highest BCUT2D eigenvalue weighted by Gasteiger charge is 2.22. The Hall–Kier alpha value is 0.300. The van der Waals surface area contributed by atoms with E-state index in [0.717, 1.165) is 9.59 Å². The van der Waals surface area contributed by atoms with Crippen LogP contribution in [0.4, 0.5) is 0 Å². The fraction of sp³-hybridized carbons (Fsp3) is 0.692. The van der Waals surface area contributed by atoms with Gasteiger partial charge >= 0.3 is 0 Å². The molecule has 0 aliphatic heterocycles. The largest absolute Gasteiger partial charge is 0.307 e. The molecule has 4 heteroatoms. The van der Waals surface area contributed by atoms with Gasteiger partial charge in [0.25, 0.3) is 0 Å². The summed E-state index contributed by atoms with van der Waals surface area (Å²) in [6, 6.07) is 3.18. The summed E-state index contributed by atoms with van der Waals surface area (Å²) in [6.45, 7) is 2.24. The predicted octanol–water partition coefficient (Wildman–Crippen LogP) is 4.73. The van der Waals surface area contributed by atoms with E-state index in [2.05, 4.69) is 29.9 Å². The average Bonchev–Trinajstić information content (AvgIpc) is 2.76. The number of rotatable bonds is 4. The van der Waals surface area contributed by atoms with Gasteiger partial charge < -0.3 is 5.32 Å². The van der Waals surface area contributed by atoms with Crippen LogP contribution in [0.2, 0.25) is 4.34 Å². The summed E-state index contributed by atoms with van der Waals surface area (Å²) in [6.07, 6.45) is 7.61. The molecule has 1 aliphatic carbocycles. The summed E-state index contributed by atoms with van der Waals surface area (Å²) in [7, 11) is 0. The minimum Gasteiger partial charge on any atom is -0.307 e. The fourth-order valence-electron chi connectivity index (χ4n) is 2.51. The third kappa shape index (κ3) is 3.88. The van der Waals surface area contributed by atoms with E-state index in [-0.39, 0.29) is 0 Å². The predicted molar refractivity (Wildman–Crippen MR) is 80.4 cm³/mol. The van der Waals surface area contributed by atoms with Crippen molar-refractivity contribution in [2.24, 2.45) is 0 Å². The van der Waals surface area contributed by atoms with E-state index in [1.54, 1.807) is 11.3 Å².